The highest BCUT2D eigenvalue weighted by Gasteiger charge is 2.14. The van der Waals surface area contributed by atoms with Gasteiger partial charge in [-0.25, -0.2) is 4.39 Å². The van der Waals surface area contributed by atoms with Gasteiger partial charge in [0, 0.05) is 11.9 Å². The zero-order valence-corrected chi connectivity index (χ0v) is 10.9. The molecule has 0 saturated carbocycles. The lowest BCUT2D eigenvalue weighted by atomic mass is 10.0. The van der Waals surface area contributed by atoms with Crippen LogP contribution in [0.5, 0.6) is 0 Å². The van der Waals surface area contributed by atoms with E-state index in [0.717, 1.165) is 16.8 Å². The fourth-order valence-corrected chi connectivity index (χ4v) is 2.11. The number of rotatable bonds is 2. The van der Waals surface area contributed by atoms with Crippen molar-refractivity contribution < 1.29 is 4.39 Å². The molecule has 88 valence electrons. The summed E-state index contributed by atoms with van der Waals surface area (Å²) >= 11 is 3.22. The second-order valence-electron chi connectivity index (χ2n) is 3.85. The Labute approximate surface area is 108 Å². The van der Waals surface area contributed by atoms with E-state index in [-0.39, 0.29) is 11.9 Å². The predicted molar refractivity (Wildman–Crippen MR) is 69.1 cm³/mol. The van der Waals surface area contributed by atoms with Gasteiger partial charge >= 0.3 is 0 Å². The number of pyridine rings is 1. The first-order chi connectivity index (χ1) is 8.09. The minimum Gasteiger partial charge on any atom is -0.320 e. The number of nitrogens with zero attached hydrogens (tertiary/aromatic N) is 1. The molecule has 4 heteroatoms. The maximum absolute atomic E-state index is 13.4. The Kier molecular flexibility index (Phi) is 3.54. The monoisotopic (exact) mass is 294 g/mol. The van der Waals surface area contributed by atoms with Crippen LogP contribution in [-0.4, -0.2) is 4.98 Å². The average Bonchev–Trinajstić information content (AvgIpc) is 2.33. The van der Waals surface area contributed by atoms with Crippen molar-refractivity contribution in [2.24, 2.45) is 5.73 Å². The molecule has 0 aliphatic heterocycles. The fourth-order valence-electron chi connectivity index (χ4n) is 1.60. The van der Waals surface area contributed by atoms with Gasteiger partial charge in [0.2, 0.25) is 0 Å². The first-order valence-corrected chi connectivity index (χ1v) is 6.01. The molecule has 1 unspecified atom stereocenters. The van der Waals surface area contributed by atoms with E-state index in [1.54, 1.807) is 18.3 Å². The predicted octanol–water partition coefficient (Wildman–Crippen LogP) is 3.34. The zero-order chi connectivity index (χ0) is 12.4. The molecule has 0 aliphatic carbocycles. The Morgan fingerprint density at radius 2 is 2.06 bits per heavy atom. The van der Waals surface area contributed by atoms with Crippen LogP contribution in [0.3, 0.4) is 0 Å². The molecular weight excluding hydrogens is 283 g/mol. The maximum Gasteiger partial charge on any atom is 0.137 e. The SMILES string of the molecule is Cc1ccc(C(N)c2cccc(F)c2Br)cn1. The molecule has 2 aromatic rings. The first kappa shape index (κ1) is 12.2. The molecule has 0 spiro atoms. The molecule has 1 atom stereocenters. The van der Waals surface area contributed by atoms with Crippen molar-refractivity contribution in [3.05, 3.63) is 63.6 Å². The van der Waals surface area contributed by atoms with Crippen LogP contribution >= 0.6 is 15.9 Å². The zero-order valence-electron chi connectivity index (χ0n) is 9.32. The van der Waals surface area contributed by atoms with Crippen LogP contribution in [0.25, 0.3) is 0 Å². The Morgan fingerprint density at radius 1 is 1.29 bits per heavy atom. The van der Waals surface area contributed by atoms with Crippen molar-refractivity contribution in [1.82, 2.24) is 4.98 Å². The van der Waals surface area contributed by atoms with Gasteiger partial charge in [-0.05, 0) is 46.1 Å². The molecule has 2 N–H and O–H groups in total. The van der Waals surface area contributed by atoms with E-state index < -0.39 is 0 Å². The van der Waals surface area contributed by atoms with Gasteiger partial charge in [0.25, 0.3) is 0 Å². The van der Waals surface area contributed by atoms with Crippen molar-refractivity contribution in [2.75, 3.05) is 0 Å². The van der Waals surface area contributed by atoms with Crippen LogP contribution in [0.2, 0.25) is 0 Å². The Balaban J connectivity index is 2.40. The van der Waals surface area contributed by atoms with Crippen LogP contribution in [-0.2, 0) is 0 Å². The highest BCUT2D eigenvalue weighted by Crippen LogP contribution is 2.28. The second kappa shape index (κ2) is 4.94. The molecule has 2 rings (SSSR count). The molecule has 17 heavy (non-hydrogen) atoms. The van der Waals surface area contributed by atoms with Gasteiger partial charge < -0.3 is 5.73 Å². The fraction of sp³-hybridized carbons (Fsp3) is 0.154. The molecule has 1 aromatic heterocycles. The number of hydrogen-bond acceptors (Lipinski definition) is 2. The standard InChI is InChI=1S/C13H12BrFN2/c1-8-5-6-9(7-17-8)13(16)10-3-2-4-11(15)12(10)14/h2-7,13H,16H2,1H3. The summed E-state index contributed by atoms with van der Waals surface area (Å²) in [4.78, 5) is 4.19. The van der Waals surface area contributed by atoms with Gasteiger partial charge in [-0.15, -0.1) is 0 Å². The number of hydrogen-bond donors (Lipinski definition) is 1. The Bertz CT molecular complexity index is 525. The van der Waals surface area contributed by atoms with Gasteiger partial charge in [-0.2, -0.15) is 0 Å². The Morgan fingerprint density at radius 3 is 2.71 bits per heavy atom. The minimum atomic E-state index is -0.381. The lowest BCUT2D eigenvalue weighted by Crippen LogP contribution is -2.13. The molecule has 1 aromatic carbocycles. The summed E-state index contributed by atoms with van der Waals surface area (Å²) in [7, 11) is 0. The van der Waals surface area contributed by atoms with Gasteiger partial charge in [-0.3, -0.25) is 4.98 Å². The minimum absolute atomic E-state index is 0.307. The highest BCUT2D eigenvalue weighted by molar-refractivity contribution is 9.10. The first-order valence-electron chi connectivity index (χ1n) is 5.21. The average molecular weight is 295 g/mol. The molecule has 0 aliphatic rings. The number of aromatic nitrogens is 1. The van der Waals surface area contributed by atoms with E-state index in [0.29, 0.717) is 4.47 Å². The third-order valence-electron chi connectivity index (χ3n) is 2.61. The Hall–Kier alpha value is -1.26. The van der Waals surface area contributed by atoms with E-state index in [4.69, 9.17) is 5.73 Å². The normalized spacial score (nSPS) is 12.5. The highest BCUT2D eigenvalue weighted by atomic mass is 79.9. The van der Waals surface area contributed by atoms with Gasteiger partial charge in [0.1, 0.15) is 5.82 Å². The van der Waals surface area contributed by atoms with Crippen molar-refractivity contribution in [3.8, 4) is 0 Å². The summed E-state index contributed by atoms with van der Waals surface area (Å²) in [6.07, 6.45) is 1.72. The number of halogens is 2. The van der Waals surface area contributed by atoms with Gasteiger partial charge in [0.05, 0.1) is 10.5 Å². The number of nitrogens with two attached hydrogens (primary N) is 1. The molecule has 0 radical (unpaired) electrons. The third-order valence-corrected chi connectivity index (χ3v) is 3.45. The van der Waals surface area contributed by atoms with Gasteiger partial charge in [-0.1, -0.05) is 18.2 Å². The topological polar surface area (TPSA) is 38.9 Å². The van der Waals surface area contributed by atoms with Crippen LogP contribution in [0.1, 0.15) is 22.9 Å². The molecule has 0 fully saturated rings. The van der Waals surface area contributed by atoms with E-state index in [1.165, 1.54) is 6.07 Å². The molecule has 0 amide bonds. The van der Waals surface area contributed by atoms with Crippen LogP contribution in [0.4, 0.5) is 4.39 Å². The maximum atomic E-state index is 13.4. The molecule has 0 saturated heterocycles. The van der Waals surface area contributed by atoms with Crippen molar-refractivity contribution in [3.63, 3.8) is 0 Å². The van der Waals surface area contributed by atoms with E-state index in [2.05, 4.69) is 20.9 Å². The van der Waals surface area contributed by atoms with Crippen molar-refractivity contribution in [2.45, 2.75) is 13.0 Å². The summed E-state index contributed by atoms with van der Waals surface area (Å²) < 4.78 is 13.8. The van der Waals surface area contributed by atoms with E-state index in [9.17, 15) is 4.39 Å². The molecular formula is C13H12BrFN2. The van der Waals surface area contributed by atoms with Crippen LogP contribution in [0.15, 0.2) is 41.0 Å². The lowest BCUT2D eigenvalue weighted by molar-refractivity contribution is 0.616. The van der Waals surface area contributed by atoms with Gasteiger partial charge in [0.15, 0.2) is 0 Å². The van der Waals surface area contributed by atoms with Crippen LogP contribution < -0.4 is 5.73 Å². The summed E-state index contributed by atoms with van der Waals surface area (Å²) in [5, 5.41) is 0. The molecule has 1 heterocycles. The quantitative estimate of drug-likeness (QED) is 0.923. The summed E-state index contributed by atoms with van der Waals surface area (Å²) in [6, 6.07) is 8.27. The second-order valence-corrected chi connectivity index (χ2v) is 4.65. The van der Waals surface area contributed by atoms with E-state index in [1.807, 2.05) is 19.1 Å². The summed E-state index contributed by atoms with van der Waals surface area (Å²) in [6.45, 7) is 1.91. The van der Waals surface area contributed by atoms with Crippen LogP contribution in [0, 0.1) is 12.7 Å². The van der Waals surface area contributed by atoms with Crippen molar-refractivity contribution in [1.29, 1.82) is 0 Å². The van der Waals surface area contributed by atoms with E-state index >= 15 is 0 Å². The smallest absolute Gasteiger partial charge is 0.137 e. The number of aryl methyl sites for hydroxylation is 1. The summed E-state index contributed by atoms with van der Waals surface area (Å²) in [5.74, 6) is -0.307. The third kappa shape index (κ3) is 2.53. The molecule has 2 nitrogen and oxygen atoms in total. The van der Waals surface area contributed by atoms with Crippen molar-refractivity contribution >= 4 is 15.9 Å². The summed E-state index contributed by atoms with van der Waals surface area (Å²) in [5.41, 5.74) is 8.61. The lowest BCUT2D eigenvalue weighted by Gasteiger charge is -2.14. The molecule has 0 bridgehead atoms. The number of benzene rings is 1. The largest absolute Gasteiger partial charge is 0.320 e.